The second-order valence-corrected chi connectivity index (χ2v) is 13.4. The third kappa shape index (κ3) is 3.93. The van der Waals surface area contributed by atoms with Crippen molar-refractivity contribution in [1.82, 2.24) is 4.90 Å². The Labute approximate surface area is 261 Å². The summed E-state index contributed by atoms with van der Waals surface area (Å²) < 4.78 is 19.5. The fourth-order valence-corrected chi connectivity index (χ4v) is 8.81. The number of amides is 4. The standard InChI is InChI=1S/C33H28ClFN2O6S/c1-33-22(30(40)37(32(33)42)16-8-11-24(35)23(34)13-16)14-21-18(27(33)20-6-3-7-25(43-2)28(20)38)9-10-19-26(21)31(41)36(29(19)39)15-17-5-4-12-44-17/h3-9,11-13,19,21-22,26-27,38H,10,14-15H2,1-2H3/t19-,21+,22-,26-,27+,33+/m0/s1. The molecule has 226 valence electrons. The second-order valence-electron chi connectivity index (χ2n) is 12.0. The lowest BCUT2D eigenvalue weighted by Gasteiger charge is -2.49. The molecule has 1 aromatic heterocycles. The lowest BCUT2D eigenvalue weighted by Crippen LogP contribution is -2.48. The first-order valence-corrected chi connectivity index (χ1v) is 15.6. The van der Waals surface area contributed by atoms with Crippen molar-refractivity contribution in [3.05, 3.63) is 86.8 Å². The van der Waals surface area contributed by atoms with E-state index in [1.165, 1.54) is 35.5 Å². The Hall–Kier alpha value is -4.02. The van der Waals surface area contributed by atoms with E-state index in [0.717, 1.165) is 21.4 Å². The molecule has 3 fully saturated rings. The van der Waals surface area contributed by atoms with Gasteiger partial charge in [-0.1, -0.05) is 41.4 Å². The minimum absolute atomic E-state index is 0.139. The Morgan fingerprint density at radius 3 is 2.57 bits per heavy atom. The zero-order valence-corrected chi connectivity index (χ0v) is 25.4. The third-order valence-corrected chi connectivity index (χ3v) is 11.1. The number of ether oxygens (including phenoxy) is 1. The monoisotopic (exact) mass is 634 g/mol. The van der Waals surface area contributed by atoms with Gasteiger partial charge in [0.15, 0.2) is 11.5 Å². The number of phenolic OH excluding ortho intramolecular Hbond substituents is 1. The lowest BCUT2D eigenvalue weighted by molar-refractivity contribution is -0.141. The van der Waals surface area contributed by atoms with E-state index in [-0.39, 0.29) is 47.0 Å². The number of aromatic hydroxyl groups is 1. The number of methoxy groups -OCH3 is 1. The minimum Gasteiger partial charge on any atom is -0.504 e. The number of carbonyl (C=O) groups excluding carboxylic acids is 4. The molecule has 8 nitrogen and oxygen atoms in total. The highest BCUT2D eigenvalue weighted by Gasteiger charge is 2.68. The smallest absolute Gasteiger partial charge is 0.241 e. The summed E-state index contributed by atoms with van der Waals surface area (Å²) in [4.78, 5) is 59.6. The predicted octanol–water partition coefficient (Wildman–Crippen LogP) is 5.69. The number of carbonyl (C=O) groups is 4. The Morgan fingerprint density at radius 1 is 1.07 bits per heavy atom. The molecular formula is C33H28ClFN2O6S. The van der Waals surface area contributed by atoms with Gasteiger partial charge in [0.2, 0.25) is 23.6 Å². The first kappa shape index (κ1) is 28.7. The zero-order chi connectivity index (χ0) is 31.1. The molecule has 44 heavy (non-hydrogen) atoms. The number of likely N-dealkylation sites (tertiary alicyclic amines) is 1. The van der Waals surface area contributed by atoms with Crippen molar-refractivity contribution in [3.8, 4) is 11.5 Å². The fourth-order valence-electron chi connectivity index (χ4n) is 7.95. The lowest BCUT2D eigenvalue weighted by atomic mass is 9.51. The highest BCUT2D eigenvalue weighted by molar-refractivity contribution is 7.09. The number of anilines is 1. The highest BCUT2D eigenvalue weighted by Crippen LogP contribution is 2.64. The van der Waals surface area contributed by atoms with Crippen LogP contribution in [0.25, 0.3) is 0 Å². The number of allylic oxidation sites excluding steroid dienone is 2. The summed E-state index contributed by atoms with van der Waals surface area (Å²) in [6.07, 6.45) is 2.38. The number of benzene rings is 2. The second kappa shape index (κ2) is 10.3. The van der Waals surface area contributed by atoms with Crippen molar-refractivity contribution < 1.29 is 33.4 Å². The molecule has 1 N–H and O–H groups in total. The van der Waals surface area contributed by atoms with Gasteiger partial charge in [-0.15, -0.1) is 11.3 Å². The molecule has 11 heteroatoms. The number of halogens is 2. The average molecular weight is 635 g/mol. The van der Waals surface area contributed by atoms with E-state index in [4.69, 9.17) is 16.3 Å². The van der Waals surface area contributed by atoms with Crippen LogP contribution in [0.3, 0.4) is 0 Å². The molecule has 2 aliphatic heterocycles. The van der Waals surface area contributed by atoms with Crippen LogP contribution in [0.1, 0.15) is 36.1 Å². The van der Waals surface area contributed by atoms with Crippen molar-refractivity contribution >= 4 is 52.3 Å². The van der Waals surface area contributed by atoms with Crippen molar-refractivity contribution in [1.29, 1.82) is 0 Å². The van der Waals surface area contributed by atoms with Crippen LogP contribution in [0.4, 0.5) is 10.1 Å². The van der Waals surface area contributed by atoms with Crippen LogP contribution < -0.4 is 9.64 Å². The molecule has 0 spiro atoms. The number of fused-ring (bicyclic) bond motifs is 4. The summed E-state index contributed by atoms with van der Waals surface area (Å²) in [7, 11) is 1.42. The van der Waals surface area contributed by atoms with Gasteiger partial charge in [0.05, 0.1) is 47.5 Å². The Balaban J connectivity index is 1.37. The molecule has 2 aromatic carbocycles. The van der Waals surface area contributed by atoms with Gasteiger partial charge < -0.3 is 9.84 Å². The van der Waals surface area contributed by atoms with Gasteiger partial charge in [-0.2, -0.15) is 0 Å². The van der Waals surface area contributed by atoms with E-state index in [9.17, 15) is 28.7 Å². The third-order valence-electron chi connectivity index (χ3n) is 9.98. The summed E-state index contributed by atoms with van der Waals surface area (Å²) in [6, 6.07) is 12.4. The van der Waals surface area contributed by atoms with Crippen LogP contribution in [0.15, 0.2) is 65.6 Å². The maximum atomic E-state index is 14.5. The first-order chi connectivity index (χ1) is 21.1. The molecule has 7 rings (SSSR count). The van der Waals surface area contributed by atoms with Crippen molar-refractivity contribution in [3.63, 3.8) is 0 Å². The van der Waals surface area contributed by atoms with Crippen LogP contribution in [-0.4, -0.2) is 40.7 Å². The van der Waals surface area contributed by atoms with Gasteiger partial charge in [0.25, 0.3) is 0 Å². The average Bonchev–Trinajstić information content (AvgIpc) is 3.66. The summed E-state index contributed by atoms with van der Waals surface area (Å²) in [5.41, 5.74) is -0.106. The van der Waals surface area contributed by atoms with Crippen LogP contribution in [0, 0.1) is 34.9 Å². The first-order valence-electron chi connectivity index (χ1n) is 14.3. The van der Waals surface area contributed by atoms with Gasteiger partial charge in [0, 0.05) is 16.4 Å². The number of hydrogen-bond donors (Lipinski definition) is 1. The molecular weight excluding hydrogens is 607 g/mol. The van der Waals surface area contributed by atoms with E-state index in [0.29, 0.717) is 12.0 Å². The molecule has 1 saturated carbocycles. The molecule has 3 heterocycles. The van der Waals surface area contributed by atoms with Crippen LogP contribution >= 0.6 is 22.9 Å². The number of rotatable bonds is 5. The minimum atomic E-state index is -1.38. The molecule has 6 atom stereocenters. The van der Waals surface area contributed by atoms with Gasteiger partial charge in [-0.3, -0.25) is 24.1 Å². The highest BCUT2D eigenvalue weighted by atomic mass is 35.5. The summed E-state index contributed by atoms with van der Waals surface area (Å²) in [6.45, 7) is 1.89. The normalized spacial score (nSPS) is 29.5. The number of thiophene rings is 1. The molecule has 0 unspecified atom stereocenters. The largest absolute Gasteiger partial charge is 0.504 e. The van der Waals surface area contributed by atoms with Gasteiger partial charge in [-0.05, 0) is 61.4 Å². The molecule has 2 saturated heterocycles. The van der Waals surface area contributed by atoms with Crippen LogP contribution in [0.2, 0.25) is 5.02 Å². The summed E-state index contributed by atoms with van der Waals surface area (Å²) in [5, 5.41) is 13.0. The van der Waals surface area contributed by atoms with Gasteiger partial charge in [-0.25, -0.2) is 9.29 Å². The van der Waals surface area contributed by atoms with Gasteiger partial charge in [0.1, 0.15) is 5.82 Å². The maximum absolute atomic E-state index is 14.5. The van der Waals surface area contributed by atoms with E-state index < -0.39 is 52.6 Å². The number of nitrogens with zero attached hydrogens (tertiary/aromatic N) is 2. The van der Waals surface area contributed by atoms with Crippen LogP contribution in [0.5, 0.6) is 11.5 Å². The fraction of sp³-hybridized carbons (Fsp3) is 0.333. The summed E-state index contributed by atoms with van der Waals surface area (Å²) >= 11 is 7.52. The van der Waals surface area contributed by atoms with E-state index >= 15 is 0 Å². The van der Waals surface area contributed by atoms with Crippen molar-refractivity contribution in [2.75, 3.05) is 12.0 Å². The quantitative estimate of drug-likeness (QED) is 0.286. The van der Waals surface area contributed by atoms with Crippen molar-refractivity contribution in [2.45, 2.75) is 32.2 Å². The molecule has 4 amide bonds. The topological polar surface area (TPSA) is 104 Å². The Morgan fingerprint density at radius 2 is 1.86 bits per heavy atom. The number of imide groups is 2. The Bertz CT molecular complexity index is 1780. The predicted molar refractivity (Wildman–Crippen MR) is 161 cm³/mol. The Kier molecular flexibility index (Phi) is 6.71. The zero-order valence-electron chi connectivity index (χ0n) is 23.8. The maximum Gasteiger partial charge on any atom is 0.241 e. The van der Waals surface area contributed by atoms with E-state index in [2.05, 4.69) is 0 Å². The number of phenols is 1. The van der Waals surface area contributed by atoms with Crippen LogP contribution in [-0.2, 0) is 25.7 Å². The number of para-hydroxylation sites is 1. The number of hydrogen-bond acceptors (Lipinski definition) is 7. The molecule has 0 bridgehead atoms. The molecule has 4 aliphatic rings. The van der Waals surface area contributed by atoms with E-state index in [1.807, 2.05) is 23.6 Å². The molecule has 0 radical (unpaired) electrons. The molecule has 2 aliphatic carbocycles. The summed E-state index contributed by atoms with van der Waals surface area (Å²) in [5.74, 6) is -5.73. The molecule has 3 aromatic rings. The van der Waals surface area contributed by atoms with E-state index in [1.54, 1.807) is 25.1 Å². The van der Waals surface area contributed by atoms with Crippen molar-refractivity contribution in [2.24, 2.45) is 29.1 Å². The SMILES string of the molecule is COc1cccc([C@H]2C3=CC[C@@H]4C(=O)N(Cc5cccs5)C(=O)[C@@H]4[C@@H]3C[C@H]3C(=O)N(c4ccc(F)c(Cl)c4)C(=O)[C@@]23C)c1O. The van der Waals surface area contributed by atoms with Gasteiger partial charge >= 0.3 is 0 Å².